The fourth-order valence-electron chi connectivity index (χ4n) is 3.63. The number of carbonyl (C=O) groups excluding carboxylic acids is 2. The molecule has 0 saturated heterocycles. The van der Waals surface area contributed by atoms with Gasteiger partial charge in [0.2, 0.25) is 11.8 Å². The van der Waals surface area contributed by atoms with Gasteiger partial charge in [-0.15, -0.1) is 0 Å². The van der Waals surface area contributed by atoms with Crippen LogP contribution in [0.4, 0.5) is 0 Å². The van der Waals surface area contributed by atoms with Crippen molar-refractivity contribution in [1.82, 2.24) is 10.2 Å². The Hall–Kier alpha value is -2.56. The van der Waals surface area contributed by atoms with Crippen LogP contribution in [0, 0.1) is 0 Å². The fraction of sp³-hybridized carbons (Fsp3) is 0.280. The molecule has 0 radical (unpaired) electrons. The van der Waals surface area contributed by atoms with Crippen molar-refractivity contribution in [1.29, 1.82) is 0 Å². The molecule has 0 aliphatic carbocycles. The Balaban J connectivity index is 1.80. The van der Waals surface area contributed by atoms with Gasteiger partial charge in [0.1, 0.15) is 6.04 Å². The summed E-state index contributed by atoms with van der Waals surface area (Å²) in [4.78, 5) is 27.3. The van der Waals surface area contributed by atoms with E-state index < -0.39 is 6.04 Å². The number of likely N-dealkylation sites (N-methyl/N-ethyl adjacent to an activating group) is 1. The molecule has 3 aromatic rings. The Morgan fingerprint density at radius 1 is 1.00 bits per heavy atom. The number of rotatable bonds is 8. The first-order chi connectivity index (χ1) is 14.9. The van der Waals surface area contributed by atoms with Gasteiger partial charge in [-0.05, 0) is 54.3 Å². The molecule has 0 aliphatic rings. The summed E-state index contributed by atoms with van der Waals surface area (Å²) in [7, 11) is 0. The number of carbonyl (C=O) groups is 2. The molecule has 1 atom stereocenters. The molecule has 3 rings (SSSR count). The smallest absolute Gasteiger partial charge is 0.242 e. The van der Waals surface area contributed by atoms with Gasteiger partial charge in [0.15, 0.2) is 0 Å². The molecule has 0 saturated carbocycles. The summed E-state index contributed by atoms with van der Waals surface area (Å²) in [6.07, 6.45) is 0.902. The zero-order valence-corrected chi connectivity index (χ0v) is 19.2. The van der Waals surface area contributed by atoms with Crippen LogP contribution >= 0.6 is 23.2 Å². The number of amides is 2. The maximum absolute atomic E-state index is 13.2. The molecule has 1 unspecified atom stereocenters. The number of fused-ring (bicyclic) bond motifs is 1. The molecule has 0 bridgehead atoms. The van der Waals surface area contributed by atoms with Crippen LogP contribution in [0.1, 0.15) is 31.4 Å². The van der Waals surface area contributed by atoms with Crippen molar-refractivity contribution >= 4 is 45.8 Å². The van der Waals surface area contributed by atoms with E-state index >= 15 is 0 Å². The third-order valence-electron chi connectivity index (χ3n) is 5.34. The van der Waals surface area contributed by atoms with E-state index in [1.54, 1.807) is 24.0 Å². The van der Waals surface area contributed by atoms with Crippen LogP contribution in [0.25, 0.3) is 10.8 Å². The zero-order valence-electron chi connectivity index (χ0n) is 17.7. The maximum Gasteiger partial charge on any atom is 0.242 e. The minimum absolute atomic E-state index is 0.0854. The molecular formula is C25H26Cl2N2O2. The molecule has 0 heterocycles. The highest BCUT2D eigenvalue weighted by Gasteiger charge is 2.25. The lowest BCUT2D eigenvalue weighted by Crippen LogP contribution is -2.47. The van der Waals surface area contributed by atoms with Gasteiger partial charge >= 0.3 is 0 Å². The summed E-state index contributed by atoms with van der Waals surface area (Å²) in [5.41, 5.74) is 1.94. The highest BCUT2D eigenvalue weighted by atomic mass is 35.5. The van der Waals surface area contributed by atoms with Gasteiger partial charge in [-0.3, -0.25) is 9.59 Å². The van der Waals surface area contributed by atoms with Crippen LogP contribution < -0.4 is 5.32 Å². The van der Waals surface area contributed by atoms with E-state index in [1.165, 1.54) is 0 Å². The van der Waals surface area contributed by atoms with Gasteiger partial charge in [-0.1, -0.05) is 71.7 Å². The number of benzene rings is 3. The van der Waals surface area contributed by atoms with E-state index in [2.05, 4.69) is 23.5 Å². The molecule has 6 heteroatoms. The van der Waals surface area contributed by atoms with Gasteiger partial charge in [-0.25, -0.2) is 0 Å². The lowest BCUT2D eigenvalue weighted by Gasteiger charge is -2.29. The third kappa shape index (κ3) is 5.78. The first-order valence-electron chi connectivity index (χ1n) is 10.4. The Bertz CT molecular complexity index is 1080. The second-order valence-corrected chi connectivity index (χ2v) is 8.29. The SMILES string of the molecule is CCNC(=O)C(C)N(Cc1ccc(Cl)c(Cl)c1)C(=O)CCc1cccc2ccccc12. The molecule has 0 aliphatic heterocycles. The molecule has 3 aromatic carbocycles. The first kappa shape index (κ1) is 23.1. The monoisotopic (exact) mass is 456 g/mol. The van der Waals surface area contributed by atoms with Crippen LogP contribution in [0.2, 0.25) is 10.0 Å². The quantitative estimate of drug-likeness (QED) is 0.477. The second-order valence-electron chi connectivity index (χ2n) is 7.48. The van der Waals surface area contributed by atoms with Gasteiger partial charge in [0, 0.05) is 19.5 Å². The number of nitrogens with zero attached hydrogens (tertiary/aromatic N) is 1. The maximum atomic E-state index is 13.2. The molecule has 162 valence electrons. The summed E-state index contributed by atoms with van der Waals surface area (Å²) in [6, 6.07) is 18.9. The summed E-state index contributed by atoms with van der Waals surface area (Å²) >= 11 is 12.2. The Morgan fingerprint density at radius 3 is 2.48 bits per heavy atom. The predicted molar refractivity (Wildman–Crippen MR) is 127 cm³/mol. The van der Waals surface area contributed by atoms with E-state index in [4.69, 9.17) is 23.2 Å². The van der Waals surface area contributed by atoms with Crippen LogP contribution in [-0.4, -0.2) is 29.3 Å². The normalized spacial score (nSPS) is 11.9. The highest BCUT2D eigenvalue weighted by Crippen LogP contribution is 2.24. The lowest BCUT2D eigenvalue weighted by atomic mass is 10.0. The number of aryl methyl sites for hydroxylation is 1. The van der Waals surface area contributed by atoms with Crippen molar-refractivity contribution in [2.24, 2.45) is 0 Å². The zero-order chi connectivity index (χ0) is 22.4. The number of halogens is 2. The second kappa shape index (κ2) is 10.7. The van der Waals surface area contributed by atoms with E-state index in [9.17, 15) is 9.59 Å². The largest absolute Gasteiger partial charge is 0.355 e. The topological polar surface area (TPSA) is 49.4 Å². The van der Waals surface area contributed by atoms with Gasteiger partial charge in [0.25, 0.3) is 0 Å². The fourth-order valence-corrected chi connectivity index (χ4v) is 3.96. The summed E-state index contributed by atoms with van der Waals surface area (Å²) < 4.78 is 0. The lowest BCUT2D eigenvalue weighted by molar-refractivity contribution is -0.140. The predicted octanol–water partition coefficient (Wildman–Crippen LogP) is 5.63. The number of hydrogen-bond donors (Lipinski definition) is 1. The van der Waals surface area contributed by atoms with Crippen molar-refractivity contribution in [3.63, 3.8) is 0 Å². The minimum Gasteiger partial charge on any atom is -0.355 e. The van der Waals surface area contributed by atoms with E-state index in [1.807, 2.05) is 37.3 Å². The molecule has 0 aromatic heterocycles. The standard InChI is InChI=1S/C25H26Cl2N2O2/c1-3-28-25(31)17(2)29(16-18-11-13-22(26)23(27)15-18)24(30)14-12-20-9-6-8-19-7-4-5-10-21(19)20/h4-11,13,15,17H,3,12,14,16H2,1-2H3,(H,28,31). The summed E-state index contributed by atoms with van der Waals surface area (Å²) in [5.74, 6) is -0.265. The van der Waals surface area contributed by atoms with Crippen LogP contribution in [0.3, 0.4) is 0 Å². The van der Waals surface area contributed by atoms with E-state index in [0.29, 0.717) is 29.4 Å². The highest BCUT2D eigenvalue weighted by molar-refractivity contribution is 6.42. The Labute approximate surface area is 193 Å². The van der Waals surface area contributed by atoms with Gasteiger partial charge in [0.05, 0.1) is 10.0 Å². The minimum atomic E-state index is -0.602. The molecule has 1 N–H and O–H groups in total. The number of hydrogen-bond acceptors (Lipinski definition) is 2. The van der Waals surface area contributed by atoms with Crippen molar-refractivity contribution in [2.45, 2.75) is 39.3 Å². The average Bonchev–Trinajstić information content (AvgIpc) is 2.77. The average molecular weight is 457 g/mol. The van der Waals surface area contributed by atoms with Crippen LogP contribution in [0.15, 0.2) is 60.7 Å². The molecule has 4 nitrogen and oxygen atoms in total. The molecule has 0 spiro atoms. The molecular weight excluding hydrogens is 431 g/mol. The van der Waals surface area contributed by atoms with Crippen LogP contribution in [-0.2, 0) is 22.6 Å². The van der Waals surface area contributed by atoms with Crippen molar-refractivity contribution < 1.29 is 9.59 Å². The van der Waals surface area contributed by atoms with Crippen molar-refractivity contribution in [2.75, 3.05) is 6.54 Å². The first-order valence-corrected chi connectivity index (χ1v) is 11.1. The summed E-state index contributed by atoms with van der Waals surface area (Å²) in [5, 5.41) is 5.98. The molecule has 2 amide bonds. The molecule has 31 heavy (non-hydrogen) atoms. The number of nitrogens with one attached hydrogen (secondary N) is 1. The molecule has 0 fully saturated rings. The van der Waals surface area contributed by atoms with Gasteiger partial charge in [-0.2, -0.15) is 0 Å². The summed E-state index contributed by atoms with van der Waals surface area (Å²) in [6.45, 7) is 4.39. The van der Waals surface area contributed by atoms with Crippen LogP contribution in [0.5, 0.6) is 0 Å². The van der Waals surface area contributed by atoms with Crippen molar-refractivity contribution in [3.8, 4) is 0 Å². The Morgan fingerprint density at radius 2 is 1.74 bits per heavy atom. The Kier molecular flexibility index (Phi) is 7.94. The van der Waals surface area contributed by atoms with E-state index in [0.717, 1.165) is 21.9 Å². The van der Waals surface area contributed by atoms with E-state index in [-0.39, 0.29) is 18.4 Å². The van der Waals surface area contributed by atoms with Crippen molar-refractivity contribution in [3.05, 3.63) is 81.8 Å². The third-order valence-corrected chi connectivity index (χ3v) is 6.08. The van der Waals surface area contributed by atoms with Gasteiger partial charge < -0.3 is 10.2 Å².